The van der Waals surface area contributed by atoms with E-state index in [2.05, 4.69) is 11.6 Å². The third-order valence-electron chi connectivity index (χ3n) is 4.81. The van der Waals surface area contributed by atoms with Gasteiger partial charge in [-0.3, -0.25) is 9.59 Å². The zero-order valence-electron chi connectivity index (χ0n) is 17.0. The van der Waals surface area contributed by atoms with Crippen molar-refractivity contribution in [3.63, 3.8) is 0 Å². The molecule has 0 aliphatic rings. The first kappa shape index (κ1) is 21.2. The number of benzene rings is 1. The number of aromatic amines is 1. The van der Waals surface area contributed by atoms with E-state index in [0.29, 0.717) is 22.4 Å². The highest BCUT2D eigenvalue weighted by atomic mass is 16.5. The molecule has 0 spiro atoms. The van der Waals surface area contributed by atoms with Gasteiger partial charge in [0.2, 0.25) is 0 Å². The Morgan fingerprint density at radius 1 is 1.18 bits per heavy atom. The number of hydrogen-bond acceptors (Lipinski definition) is 4. The van der Waals surface area contributed by atoms with Crippen LogP contribution in [0.25, 0.3) is 0 Å². The minimum atomic E-state index is -0.731. The number of nitrogens with one attached hydrogen (secondary N) is 1. The van der Waals surface area contributed by atoms with Crippen molar-refractivity contribution in [1.82, 2.24) is 9.88 Å². The first-order valence-corrected chi connectivity index (χ1v) is 9.03. The van der Waals surface area contributed by atoms with Crippen LogP contribution in [-0.2, 0) is 4.74 Å². The normalized spacial score (nSPS) is 11.6. The summed E-state index contributed by atoms with van der Waals surface area (Å²) >= 11 is 0. The van der Waals surface area contributed by atoms with Gasteiger partial charge in [-0.15, -0.1) is 6.58 Å². The van der Waals surface area contributed by atoms with Crippen LogP contribution in [-0.4, -0.2) is 47.2 Å². The van der Waals surface area contributed by atoms with E-state index in [0.717, 1.165) is 5.56 Å². The standard InChI is InChI=1S/C22H26N2O4/c1-7-12-24(21(26)17-10-8-13(2)9-11-17)16(5)20(25)18-14(3)19(22(27)28-6)23-15(18)4/h7-11,16,23H,1,12H2,2-6H3. The minimum absolute atomic E-state index is 0.228. The molecule has 0 bridgehead atoms. The number of H-pyrrole nitrogens is 1. The number of hydrogen-bond donors (Lipinski definition) is 1. The largest absolute Gasteiger partial charge is 0.464 e. The first-order chi connectivity index (χ1) is 13.2. The lowest BCUT2D eigenvalue weighted by molar-refractivity contribution is 0.0593. The van der Waals surface area contributed by atoms with Gasteiger partial charge in [0.25, 0.3) is 5.91 Å². The fourth-order valence-electron chi connectivity index (χ4n) is 3.19. The molecule has 2 aromatic rings. The Morgan fingerprint density at radius 2 is 1.79 bits per heavy atom. The van der Waals surface area contributed by atoms with Crippen LogP contribution < -0.4 is 0 Å². The van der Waals surface area contributed by atoms with Crippen LogP contribution in [0.5, 0.6) is 0 Å². The number of esters is 1. The Bertz CT molecular complexity index is 909. The quantitative estimate of drug-likeness (QED) is 0.451. The van der Waals surface area contributed by atoms with Crippen LogP contribution in [0.4, 0.5) is 0 Å². The highest BCUT2D eigenvalue weighted by molar-refractivity contribution is 6.07. The number of aryl methyl sites for hydroxylation is 2. The van der Waals surface area contributed by atoms with Crippen molar-refractivity contribution < 1.29 is 19.1 Å². The van der Waals surface area contributed by atoms with E-state index in [-0.39, 0.29) is 23.9 Å². The van der Waals surface area contributed by atoms with Gasteiger partial charge in [-0.2, -0.15) is 0 Å². The van der Waals surface area contributed by atoms with Crippen molar-refractivity contribution in [3.05, 3.63) is 70.6 Å². The second-order valence-corrected chi connectivity index (χ2v) is 6.77. The van der Waals surface area contributed by atoms with E-state index in [1.54, 1.807) is 39.0 Å². The molecule has 1 atom stereocenters. The summed E-state index contributed by atoms with van der Waals surface area (Å²) in [6, 6.07) is 6.47. The Hall–Kier alpha value is -3.15. The van der Waals surface area contributed by atoms with Gasteiger partial charge in [0.1, 0.15) is 5.69 Å². The first-order valence-electron chi connectivity index (χ1n) is 9.03. The molecule has 0 radical (unpaired) electrons. The summed E-state index contributed by atoms with van der Waals surface area (Å²) in [7, 11) is 1.29. The lowest BCUT2D eigenvalue weighted by Crippen LogP contribution is -2.43. The molecule has 0 aliphatic heterocycles. The number of nitrogens with zero attached hydrogens (tertiary/aromatic N) is 1. The molecule has 6 heteroatoms. The molecule has 0 aliphatic carbocycles. The third kappa shape index (κ3) is 4.06. The molecule has 1 aromatic carbocycles. The Labute approximate surface area is 165 Å². The lowest BCUT2D eigenvalue weighted by atomic mass is 9.99. The van der Waals surface area contributed by atoms with E-state index in [4.69, 9.17) is 4.74 Å². The summed E-state index contributed by atoms with van der Waals surface area (Å²) in [5.41, 5.74) is 3.28. The molecule has 6 nitrogen and oxygen atoms in total. The molecule has 1 unspecified atom stereocenters. The van der Waals surface area contributed by atoms with Crippen LogP contribution in [0.1, 0.15) is 54.9 Å². The Balaban J connectivity index is 2.39. The van der Waals surface area contributed by atoms with Gasteiger partial charge in [-0.05, 0) is 45.4 Å². The van der Waals surface area contributed by atoms with Gasteiger partial charge in [0.05, 0.1) is 13.2 Å². The monoisotopic (exact) mass is 382 g/mol. The Kier molecular flexibility index (Phi) is 6.57. The second kappa shape index (κ2) is 8.69. The molecule has 0 fully saturated rings. The molecule has 148 valence electrons. The third-order valence-corrected chi connectivity index (χ3v) is 4.81. The number of carbonyl (C=O) groups is 3. The molecular formula is C22H26N2O4. The van der Waals surface area contributed by atoms with Crippen molar-refractivity contribution in [1.29, 1.82) is 0 Å². The second-order valence-electron chi connectivity index (χ2n) is 6.77. The van der Waals surface area contributed by atoms with Crippen molar-refractivity contribution in [2.75, 3.05) is 13.7 Å². The van der Waals surface area contributed by atoms with Crippen LogP contribution in [0, 0.1) is 20.8 Å². The number of Topliss-reactive ketones (excluding diaryl/α,β-unsaturated/α-hetero) is 1. The van der Waals surface area contributed by atoms with Gasteiger partial charge < -0.3 is 14.6 Å². The highest BCUT2D eigenvalue weighted by Crippen LogP contribution is 2.22. The van der Waals surface area contributed by atoms with Crippen LogP contribution >= 0.6 is 0 Å². The van der Waals surface area contributed by atoms with E-state index < -0.39 is 12.0 Å². The molecule has 0 saturated carbocycles. The number of aromatic nitrogens is 1. The van der Waals surface area contributed by atoms with E-state index in [1.807, 2.05) is 19.1 Å². The maximum Gasteiger partial charge on any atom is 0.354 e. The SMILES string of the molecule is C=CCN(C(=O)c1ccc(C)cc1)C(C)C(=O)c1c(C)[nH]c(C(=O)OC)c1C. The predicted molar refractivity (Wildman–Crippen MR) is 108 cm³/mol. The number of amides is 1. The molecule has 2 rings (SSSR count). The van der Waals surface area contributed by atoms with Gasteiger partial charge >= 0.3 is 5.97 Å². The highest BCUT2D eigenvalue weighted by Gasteiger charge is 2.31. The zero-order chi connectivity index (χ0) is 21.0. The van der Waals surface area contributed by atoms with Crippen molar-refractivity contribution in [2.45, 2.75) is 33.7 Å². The average Bonchev–Trinajstić information content (AvgIpc) is 2.98. The molecule has 0 saturated heterocycles. The predicted octanol–water partition coefficient (Wildman–Crippen LogP) is 3.63. The Morgan fingerprint density at radius 3 is 2.32 bits per heavy atom. The summed E-state index contributed by atoms with van der Waals surface area (Å²) in [6.45, 7) is 11.0. The molecular weight excluding hydrogens is 356 g/mol. The number of ketones is 1. The zero-order valence-corrected chi connectivity index (χ0v) is 17.0. The van der Waals surface area contributed by atoms with Gasteiger partial charge in [-0.25, -0.2) is 4.79 Å². The van der Waals surface area contributed by atoms with Crippen LogP contribution in [0.2, 0.25) is 0 Å². The summed E-state index contributed by atoms with van der Waals surface area (Å²) in [5, 5.41) is 0. The lowest BCUT2D eigenvalue weighted by Gasteiger charge is -2.27. The van der Waals surface area contributed by atoms with Gasteiger partial charge in [0, 0.05) is 23.4 Å². The van der Waals surface area contributed by atoms with Crippen molar-refractivity contribution >= 4 is 17.7 Å². The van der Waals surface area contributed by atoms with E-state index in [1.165, 1.54) is 12.0 Å². The molecule has 1 N–H and O–H groups in total. The van der Waals surface area contributed by atoms with Crippen LogP contribution in [0.3, 0.4) is 0 Å². The molecule has 1 heterocycles. The van der Waals surface area contributed by atoms with Crippen molar-refractivity contribution in [2.24, 2.45) is 0 Å². The molecule has 1 aromatic heterocycles. The summed E-state index contributed by atoms with van der Waals surface area (Å²) in [6.07, 6.45) is 1.59. The van der Waals surface area contributed by atoms with Crippen molar-refractivity contribution in [3.8, 4) is 0 Å². The molecule has 1 amide bonds. The maximum absolute atomic E-state index is 13.2. The fraction of sp³-hybridized carbons (Fsp3) is 0.318. The van der Waals surface area contributed by atoms with E-state index >= 15 is 0 Å². The number of carbonyl (C=O) groups excluding carboxylic acids is 3. The van der Waals surface area contributed by atoms with Gasteiger partial charge in [-0.1, -0.05) is 23.8 Å². The summed E-state index contributed by atoms with van der Waals surface area (Å²) in [5.74, 6) is -1.03. The van der Waals surface area contributed by atoms with Gasteiger partial charge in [0.15, 0.2) is 5.78 Å². The smallest absolute Gasteiger partial charge is 0.354 e. The summed E-state index contributed by atoms with van der Waals surface area (Å²) < 4.78 is 4.76. The average molecular weight is 382 g/mol. The van der Waals surface area contributed by atoms with E-state index in [9.17, 15) is 14.4 Å². The maximum atomic E-state index is 13.2. The number of ether oxygens (including phenoxy) is 1. The number of methoxy groups -OCH3 is 1. The van der Waals surface area contributed by atoms with Crippen LogP contribution in [0.15, 0.2) is 36.9 Å². The summed E-state index contributed by atoms with van der Waals surface area (Å²) in [4.78, 5) is 42.5. The fourth-order valence-corrected chi connectivity index (χ4v) is 3.19. The number of rotatable bonds is 7. The minimum Gasteiger partial charge on any atom is -0.464 e. The topological polar surface area (TPSA) is 79.5 Å². The molecule has 28 heavy (non-hydrogen) atoms.